The molecule has 0 unspecified atom stereocenters. The molecule has 1 fully saturated rings. The number of pyridine rings is 1. The number of amides is 2. The molecule has 5 rings (SSSR count). The van der Waals surface area contributed by atoms with Gasteiger partial charge in [-0.15, -0.1) is 11.3 Å². The van der Waals surface area contributed by atoms with Crippen molar-refractivity contribution >= 4 is 45.7 Å². The Morgan fingerprint density at radius 3 is 2.74 bits per heavy atom. The summed E-state index contributed by atoms with van der Waals surface area (Å²) in [5, 5.41) is 1.00. The number of thiophene rings is 1. The summed E-state index contributed by atoms with van der Waals surface area (Å²) >= 11 is 7.53. The van der Waals surface area contributed by atoms with Crippen molar-refractivity contribution < 1.29 is 14.3 Å². The molecule has 0 spiro atoms. The van der Waals surface area contributed by atoms with Crippen molar-refractivity contribution in [1.29, 1.82) is 0 Å². The van der Waals surface area contributed by atoms with E-state index in [0.717, 1.165) is 31.4 Å². The van der Waals surface area contributed by atoms with E-state index in [-0.39, 0.29) is 18.4 Å². The van der Waals surface area contributed by atoms with Crippen molar-refractivity contribution in [2.75, 3.05) is 26.8 Å². The molecule has 7 nitrogen and oxygen atoms in total. The summed E-state index contributed by atoms with van der Waals surface area (Å²) in [6, 6.07) is 14.5. The number of H-pyrrole nitrogens is 1. The van der Waals surface area contributed by atoms with Gasteiger partial charge in [-0.2, -0.15) is 0 Å². The predicted molar refractivity (Wildman–Crippen MR) is 133 cm³/mol. The van der Waals surface area contributed by atoms with E-state index in [2.05, 4.69) is 9.97 Å². The standard InChI is InChI=1S/C25H23ClN4O3S/c1-33-15-21-25(32)29(14-19-12-18-13-27-9-8-20(18)28-19)10-11-30(21)24(31)17-4-2-16(3-5-17)22-6-7-23(26)34-22/h2-9,12-13,21,28H,10-11,14-15H2,1H3/t21-/m0/s1. The van der Waals surface area contributed by atoms with Gasteiger partial charge < -0.3 is 19.5 Å². The summed E-state index contributed by atoms with van der Waals surface area (Å²) in [4.78, 5) is 38.6. The van der Waals surface area contributed by atoms with E-state index >= 15 is 0 Å². The van der Waals surface area contributed by atoms with E-state index < -0.39 is 6.04 Å². The number of benzene rings is 1. The van der Waals surface area contributed by atoms with Gasteiger partial charge in [0.1, 0.15) is 6.04 Å². The Hall–Kier alpha value is -3.20. The Morgan fingerprint density at radius 2 is 2.03 bits per heavy atom. The molecule has 1 aromatic carbocycles. The molecular formula is C25H23ClN4O3S. The van der Waals surface area contributed by atoms with Crippen molar-refractivity contribution in [2.45, 2.75) is 12.6 Å². The van der Waals surface area contributed by atoms with Crippen LogP contribution >= 0.6 is 22.9 Å². The fourth-order valence-corrected chi connectivity index (χ4v) is 5.34. The average molecular weight is 495 g/mol. The Balaban J connectivity index is 1.32. The van der Waals surface area contributed by atoms with Crippen LogP contribution in [0.1, 0.15) is 16.1 Å². The molecule has 3 aromatic heterocycles. The number of hydrogen-bond acceptors (Lipinski definition) is 5. The molecule has 0 bridgehead atoms. The van der Waals surface area contributed by atoms with E-state index in [9.17, 15) is 9.59 Å². The van der Waals surface area contributed by atoms with Crippen LogP contribution in [0.5, 0.6) is 0 Å². The van der Waals surface area contributed by atoms with Gasteiger partial charge in [-0.05, 0) is 42.0 Å². The number of ether oxygens (including phenoxy) is 1. The molecule has 1 atom stereocenters. The number of halogens is 1. The second kappa shape index (κ2) is 9.58. The molecule has 1 saturated heterocycles. The summed E-state index contributed by atoms with van der Waals surface area (Å²) in [6.45, 7) is 1.46. The molecule has 4 aromatic rings. The molecule has 34 heavy (non-hydrogen) atoms. The lowest BCUT2D eigenvalue weighted by molar-refractivity contribution is -0.143. The number of nitrogens with one attached hydrogen (secondary N) is 1. The molecule has 1 aliphatic rings. The van der Waals surface area contributed by atoms with Crippen LogP contribution in [0.2, 0.25) is 4.34 Å². The number of hydrogen-bond donors (Lipinski definition) is 1. The fraction of sp³-hybridized carbons (Fsp3) is 0.240. The van der Waals surface area contributed by atoms with E-state index in [1.54, 1.807) is 41.4 Å². The van der Waals surface area contributed by atoms with E-state index in [0.29, 0.717) is 25.2 Å². The largest absolute Gasteiger partial charge is 0.382 e. The second-order valence-corrected chi connectivity index (χ2v) is 9.88. The Kier molecular flexibility index (Phi) is 6.36. The number of methoxy groups -OCH3 is 1. The number of rotatable bonds is 6. The zero-order chi connectivity index (χ0) is 23.7. The number of carbonyl (C=O) groups is 2. The molecule has 1 aliphatic heterocycles. The minimum atomic E-state index is -0.673. The van der Waals surface area contributed by atoms with Crippen LogP contribution in [0, 0.1) is 0 Å². The monoisotopic (exact) mass is 494 g/mol. The molecule has 4 heterocycles. The van der Waals surface area contributed by atoms with Crippen LogP contribution in [0.4, 0.5) is 0 Å². The zero-order valence-corrected chi connectivity index (χ0v) is 20.1. The van der Waals surface area contributed by atoms with Crippen molar-refractivity contribution in [3.63, 3.8) is 0 Å². The van der Waals surface area contributed by atoms with Gasteiger partial charge in [-0.25, -0.2) is 0 Å². The maximum atomic E-state index is 13.3. The van der Waals surface area contributed by atoms with Crippen LogP contribution in [0.25, 0.3) is 21.3 Å². The van der Waals surface area contributed by atoms with Crippen LogP contribution in [0.3, 0.4) is 0 Å². The normalized spacial score (nSPS) is 16.4. The zero-order valence-electron chi connectivity index (χ0n) is 18.5. The molecule has 0 saturated carbocycles. The minimum Gasteiger partial charge on any atom is -0.382 e. The molecule has 174 valence electrons. The highest BCUT2D eigenvalue weighted by molar-refractivity contribution is 7.19. The first-order valence-corrected chi connectivity index (χ1v) is 12.1. The van der Waals surface area contributed by atoms with Gasteiger partial charge in [0.25, 0.3) is 5.91 Å². The lowest BCUT2D eigenvalue weighted by Gasteiger charge is -2.40. The van der Waals surface area contributed by atoms with Gasteiger partial charge >= 0.3 is 0 Å². The summed E-state index contributed by atoms with van der Waals surface area (Å²) in [6.07, 6.45) is 3.52. The maximum absolute atomic E-state index is 13.3. The van der Waals surface area contributed by atoms with Crippen molar-refractivity contribution in [3.8, 4) is 10.4 Å². The number of carbonyl (C=O) groups excluding carboxylic acids is 2. The van der Waals surface area contributed by atoms with E-state index in [1.165, 1.54) is 11.3 Å². The number of piperazine rings is 1. The number of fused-ring (bicyclic) bond motifs is 1. The lowest BCUT2D eigenvalue weighted by Crippen LogP contribution is -2.60. The molecule has 9 heteroatoms. The van der Waals surface area contributed by atoms with Crippen LogP contribution in [-0.4, -0.2) is 64.4 Å². The third kappa shape index (κ3) is 4.44. The lowest BCUT2D eigenvalue weighted by atomic mass is 10.1. The molecule has 1 N–H and O–H groups in total. The summed E-state index contributed by atoms with van der Waals surface area (Å²) in [5.41, 5.74) is 3.44. The molecule has 0 aliphatic carbocycles. The molecule has 2 amide bonds. The van der Waals surface area contributed by atoms with Gasteiger partial charge in [0.2, 0.25) is 5.91 Å². The summed E-state index contributed by atoms with van der Waals surface area (Å²) < 4.78 is 6.05. The van der Waals surface area contributed by atoms with E-state index in [4.69, 9.17) is 16.3 Å². The quantitative estimate of drug-likeness (QED) is 0.429. The molecule has 0 radical (unpaired) electrons. The molecular weight excluding hydrogens is 472 g/mol. The van der Waals surface area contributed by atoms with Crippen molar-refractivity contribution in [2.24, 2.45) is 0 Å². The third-order valence-corrected chi connectivity index (χ3v) is 7.28. The number of nitrogens with zero attached hydrogens (tertiary/aromatic N) is 3. The van der Waals surface area contributed by atoms with Crippen molar-refractivity contribution in [1.82, 2.24) is 19.8 Å². The Bertz CT molecular complexity index is 1300. The van der Waals surface area contributed by atoms with Crippen LogP contribution < -0.4 is 0 Å². The van der Waals surface area contributed by atoms with Gasteiger partial charge in [-0.3, -0.25) is 14.6 Å². The number of aromatic amines is 1. The van der Waals surface area contributed by atoms with Gasteiger partial charge in [0.05, 0.1) is 17.5 Å². The minimum absolute atomic E-state index is 0.122. The SMILES string of the molecule is COC[C@H]1C(=O)N(Cc2cc3cnccc3[nH]2)CCN1C(=O)c1ccc(-c2ccc(Cl)s2)cc1. The smallest absolute Gasteiger partial charge is 0.254 e. The van der Waals surface area contributed by atoms with Crippen molar-refractivity contribution in [3.05, 3.63) is 76.5 Å². The van der Waals surface area contributed by atoms with Gasteiger partial charge in [-0.1, -0.05) is 23.7 Å². The first-order chi connectivity index (χ1) is 16.5. The van der Waals surface area contributed by atoms with Crippen LogP contribution in [-0.2, 0) is 16.1 Å². The van der Waals surface area contributed by atoms with Crippen LogP contribution in [0.15, 0.2) is 60.9 Å². The highest BCUT2D eigenvalue weighted by Gasteiger charge is 2.38. The fourth-order valence-electron chi connectivity index (χ4n) is 4.29. The predicted octanol–water partition coefficient (Wildman–Crippen LogP) is 4.44. The highest BCUT2D eigenvalue weighted by Crippen LogP contribution is 2.31. The topological polar surface area (TPSA) is 78.5 Å². The summed E-state index contributed by atoms with van der Waals surface area (Å²) in [5.74, 6) is -0.300. The second-order valence-electron chi connectivity index (χ2n) is 8.17. The Morgan fingerprint density at radius 1 is 1.21 bits per heavy atom. The Labute approximate surface area is 205 Å². The first-order valence-electron chi connectivity index (χ1n) is 10.9. The van der Waals surface area contributed by atoms with E-state index in [1.807, 2.05) is 36.4 Å². The average Bonchev–Trinajstić information content (AvgIpc) is 3.47. The first kappa shape index (κ1) is 22.6. The highest BCUT2D eigenvalue weighted by atomic mass is 35.5. The summed E-state index contributed by atoms with van der Waals surface area (Å²) in [7, 11) is 1.54. The van der Waals surface area contributed by atoms with Gasteiger partial charge in [0, 0.05) is 59.6 Å². The van der Waals surface area contributed by atoms with Gasteiger partial charge in [0.15, 0.2) is 0 Å². The number of aromatic nitrogens is 2. The maximum Gasteiger partial charge on any atom is 0.254 e. The third-order valence-electron chi connectivity index (χ3n) is 6.00.